The standard InChI is InChI=1S/C41H28N2/c1-3-10-34(11-4-1)42-21-19-31-23-28(15-17-40(31)42)33-26-37(39-25-29-9-7-8-14-36(29)38(39)27-33)30-16-18-41-32(24-30)20-22-43(41)35-12-5-2-6-13-35/h1-24,26-27H,25H2. The fraction of sp³-hybridized carbons (Fsp3) is 0.0244. The average molecular weight is 549 g/mol. The molecule has 2 heterocycles. The number of hydrogen-bond acceptors (Lipinski definition) is 0. The Balaban J connectivity index is 1.20. The van der Waals surface area contributed by atoms with Crippen molar-refractivity contribution in [1.29, 1.82) is 0 Å². The largest absolute Gasteiger partial charge is 0.317 e. The summed E-state index contributed by atoms with van der Waals surface area (Å²) in [6.45, 7) is 0. The van der Waals surface area contributed by atoms with E-state index in [0.29, 0.717) is 0 Å². The summed E-state index contributed by atoms with van der Waals surface area (Å²) in [5, 5.41) is 2.49. The van der Waals surface area contributed by atoms with E-state index in [-0.39, 0.29) is 0 Å². The van der Waals surface area contributed by atoms with Crippen LogP contribution in [0.3, 0.4) is 0 Å². The zero-order chi connectivity index (χ0) is 28.3. The first-order valence-electron chi connectivity index (χ1n) is 14.9. The zero-order valence-electron chi connectivity index (χ0n) is 23.6. The fourth-order valence-electron chi connectivity index (χ4n) is 6.91. The highest BCUT2D eigenvalue weighted by Gasteiger charge is 2.23. The van der Waals surface area contributed by atoms with E-state index in [2.05, 4.69) is 167 Å². The predicted molar refractivity (Wildman–Crippen MR) is 179 cm³/mol. The van der Waals surface area contributed by atoms with Crippen LogP contribution in [0.2, 0.25) is 0 Å². The highest BCUT2D eigenvalue weighted by molar-refractivity contribution is 5.94. The van der Waals surface area contributed by atoms with Gasteiger partial charge >= 0.3 is 0 Å². The molecular weight excluding hydrogens is 520 g/mol. The number of nitrogens with zero attached hydrogens (tertiary/aromatic N) is 2. The molecule has 1 aliphatic rings. The Bertz CT molecular complexity index is 2300. The lowest BCUT2D eigenvalue weighted by Crippen LogP contribution is -1.93. The molecule has 2 nitrogen and oxygen atoms in total. The number of hydrogen-bond donors (Lipinski definition) is 0. The van der Waals surface area contributed by atoms with Gasteiger partial charge in [0.05, 0.1) is 11.0 Å². The van der Waals surface area contributed by atoms with Crippen LogP contribution in [0.5, 0.6) is 0 Å². The lowest BCUT2D eigenvalue weighted by Gasteiger charge is -2.14. The first-order valence-corrected chi connectivity index (χ1v) is 14.9. The maximum Gasteiger partial charge on any atom is 0.0528 e. The Labute approximate surface area is 250 Å². The molecule has 6 aromatic carbocycles. The quantitative estimate of drug-likeness (QED) is 0.207. The summed E-state index contributed by atoms with van der Waals surface area (Å²) in [7, 11) is 0. The van der Waals surface area contributed by atoms with Gasteiger partial charge in [-0.2, -0.15) is 0 Å². The molecule has 0 saturated heterocycles. The van der Waals surface area contributed by atoms with Crippen LogP contribution < -0.4 is 0 Å². The number of benzene rings is 6. The minimum absolute atomic E-state index is 0.961. The monoisotopic (exact) mass is 548 g/mol. The minimum atomic E-state index is 0.961. The molecule has 9 rings (SSSR count). The summed E-state index contributed by atoms with van der Waals surface area (Å²) in [6.07, 6.45) is 5.31. The maximum absolute atomic E-state index is 2.41. The van der Waals surface area contributed by atoms with Gasteiger partial charge < -0.3 is 9.13 Å². The van der Waals surface area contributed by atoms with E-state index < -0.39 is 0 Å². The van der Waals surface area contributed by atoms with Crippen LogP contribution in [0.4, 0.5) is 0 Å². The molecule has 0 saturated carbocycles. The lowest BCUT2D eigenvalue weighted by molar-refractivity contribution is 1.13. The molecule has 0 radical (unpaired) electrons. The Morgan fingerprint density at radius 3 is 1.63 bits per heavy atom. The fourth-order valence-corrected chi connectivity index (χ4v) is 6.91. The topological polar surface area (TPSA) is 9.86 Å². The van der Waals surface area contributed by atoms with Crippen molar-refractivity contribution in [3.63, 3.8) is 0 Å². The SMILES string of the molecule is c1ccc(-n2ccc3cc(-c4cc(-c5ccc6c(ccn6-c6ccccc6)c5)c5c(c4)-c4ccccc4C5)ccc32)cc1. The molecule has 0 fully saturated rings. The van der Waals surface area contributed by atoms with Crippen molar-refractivity contribution in [2.75, 3.05) is 0 Å². The summed E-state index contributed by atoms with van der Waals surface area (Å²) in [5.74, 6) is 0. The van der Waals surface area contributed by atoms with Gasteiger partial charge in [0.1, 0.15) is 0 Å². The molecule has 1 aliphatic carbocycles. The molecule has 0 atom stereocenters. The predicted octanol–water partition coefficient (Wildman–Crippen LogP) is 10.5. The molecule has 2 aromatic heterocycles. The van der Waals surface area contributed by atoms with Crippen molar-refractivity contribution in [3.8, 4) is 44.8 Å². The van der Waals surface area contributed by atoms with E-state index in [4.69, 9.17) is 0 Å². The Hall–Kier alpha value is -5.60. The highest BCUT2D eigenvalue weighted by atomic mass is 15.0. The molecule has 0 spiro atoms. The van der Waals surface area contributed by atoms with E-state index in [9.17, 15) is 0 Å². The van der Waals surface area contributed by atoms with Gasteiger partial charge in [-0.1, -0.05) is 72.8 Å². The zero-order valence-corrected chi connectivity index (χ0v) is 23.6. The minimum Gasteiger partial charge on any atom is -0.317 e. The molecule has 0 aliphatic heterocycles. The van der Waals surface area contributed by atoms with Crippen molar-refractivity contribution in [1.82, 2.24) is 9.13 Å². The van der Waals surface area contributed by atoms with Gasteiger partial charge in [-0.15, -0.1) is 0 Å². The summed E-state index contributed by atoms with van der Waals surface area (Å²) in [6, 6.07) is 53.1. The van der Waals surface area contributed by atoms with Crippen molar-refractivity contribution in [2.45, 2.75) is 6.42 Å². The van der Waals surface area contributed by atoms with Crippen molar-refractivity contribution >= 4 is 21.8 Å². The molecule has 2 heteroatoms. The normalized spacial score (nSPS) is 12.1. The first kappa shape index (κ1) is 24.0. The third-order valence-corrected chi connectivity index (χ3v) is 9.02. The number of aromatic nitrogens is 2. The lowest BCUT2D eigenvalue weighted by atomic mass is 9.90. The summed E-state index contributed by atoms with van der Waals surface area (Å²) in [4.78, 5) is 0. The molecule has 0 N–H and O–H groups in total. The summed E-state index contributed by atoms with van der Waals surface area (Å²) in [5.41, 5.74) is 15.4. The maximum atomic E-state index is 2.41. The second-order valence-electron chi connectivity index (χ2n) is 11.5. The third kappa shape index (κ3) is 3.88. The van der Waals surface area contributed by atoms with Crippen molar-refractivity contribution in [3.05, 3.63) is 169 Å². The molecule has 0 amide bonds. The van der Waals surface area contributed by atoms with Gasteiger partial charge in [0, 0.05) is 34.5 Å². The molecule has 8 aromatic rings. The van der Waals surface area contributed by atoms with Gasteiger partial charge in [0.2, 0.25) is 0 Å². The number of para-hydroxylation sites is 2. The Kier molecular flexibility index (Phi) is 5.30. The van der Waals surface area contributed by atoms with Crippen molar-refractivity contribution < 1.29 is 0 Å². The molecule has 0 unspecified atom stereocenters. The van der Waals surface area contributed by atoms with Gasteiger partial charge in [-0.3, -0.25) is 0 Å². The molecule has 0 bridgehead atoms. The summed E-state index contributed by atoms with van der Waals surface area (Å²) < 4.78 is 4.53. The van der Waals surface area contributed by atoms with Crippen LogP contribution in [-0.2, 0) is 6.42 Å². The second-order valence-corrected chi connectivity index (χ2v) is 11.5. The van der Waals surface area contributed by atoms with Crippen LogP contribution in [-0.4, -0.2) is 9.13 Å². The third-order valence-electron chi connectivity index (χ3n) is 9.02. The number of fused-ring (bicyclic) bond motifs is 5. The van der Waals surface area contributed by atoms with Crippen LogP contribution in [0.15, 0.2) is 158 Å². The Morgan fingerprint density at radius 1 is 0.395 bits per heavy atom. The average Bonchev–Trinajstić information content (AvgIpc) is 3.80. The second kappa shape index (κ2) is 9.47. The van der Waals surface area contributed by atoms with E-state index in [1.807, 2.05) is 0 Å². The van der Waals surface area contributed by atoms with Crippen molar-refractivity contribution in [2.24, 2.45) is 0 Å². The van der Waals surface area contributed by atoms with Crippen LogP contribution in [0.25, 0.3) is 66.6 Å². The van der Waals surface area contributed by atoms with Crippen LogP contribution in [0, 0.1) is 0 Å². The molecular formula is C41H28N2. The molecule has 43 heavy (non-hydrogen) atoms. The van der Waals surface area contributed by atoms with Gasteiger partial charge in [-0.05, 0) is 124 Å². The highest BCUT2D eigenvalue weighted by Crippen LogP contribution is 2.45. The van der Waals surface area contributed by atoms with E-state index >= 15 is 0 Å². The van der Waals surface area contributed by atoms with E-state index in [0.717, 1.165) is 6.42 Å². The van der Waals surface area contributed by atoms with E-state index in [1.54, 1.807) is 0 Å². The van der Waals surface area contributed by atoms with Gasteiger partial charge in [-0.25, -0.2) is 0 Å². The first-order chi connectivity index (χ1) is 21.3. The smallest absolute Gasteiger partial charge is 0.0528 e. The van der Waals surface area contributed by atoms with Gasteiger partial charge in [0.25, 0.3) is 0 Å². The Morgan fingerprint density at radius 2 is 0.953 bits per heavy atom. The van der Waals surface area contributed by atoms with Crippen LogP contribution in [0.1, 0.15) is 11.1 Å². The number of rotatable bonds is 4. The summed E-state index contributed by atoms with van der Waals surface area (Å²) >= 11 is 0. The van der Waals surface area contributed by atoms with E-state index in [1.165, 1.54) is 77.7 Å². The van der Waals surface area contributed by atoms with Gasteiger partial charge in [0.15, 0.2) is 0 Å². The van der Waals surface area contributed by atoms with Crippen LogP contribution >= 0.6 is 0 Å². The molecule has 202 valence electrons.